The molecular formula is C17H18N2O6S. The van der Waals surface area contributed by atoms with Crippen LogP contribution in [0, 0.1) is 10.1 Å². The van der Waals surface area contributed by atoms with E-state index in [0.717, 1.165) is 5.56 Å². The summed E-state index contributed by atoms with van der Waals surface area (Å²) in [6.45, 7) is 0.235. The maximum absolute atomic E-state index is 11.9. The van der Waals surface area contributed by atoms with E-state index in [9.17, 15) is 28.7 Å². The minimum Gasteiger partial charge on any atom is -0.508 e. The fourth-order valence-corrected chi connectivity index (χ4v) is 4.90. The van der Waals surface area contributed by atoms with Crippen LogP contribution in [-0.4, -0.2) is 47.2 Å². The standard InChI is InChI=1S/C17H18N2O6S/c20-15-3-1-2-14(8-15)18(16-10-26(24,25)11-17(16)21)9-12-4-6-13(7-5-12)19(22)23/h1-8,16-17,20-21H,9-11H2/t16-,17-/m1/s1. The van der Waals surface area contributed by atoms with Crippen molar-refractivity contribution in [3.8, 4) is 5.75 Å². The molecule has 0 unspecified atom stereocenters. The number of nitro benzene ring substituents is 1. The number of hydrogen-bond donors (Lipinski definition) is 2. The Kier molecular flexibility index (Phi) is 4.84. The first-order valence-electron chi connectivity index (χ1n) is 7.93. The second kappa shape index (κ2) is 6.93. The van der Waals surface area contributed by atoms with E-state index in [1.165, 1.54) is 24.3 Å². The van der Waals surface area contributed by atoms with Gasteiger partial charge in [-0.3, -0.25) is 10.1 Å². The molecule has 2 aromatic carbocycles. The highest BCUT2D eigenvalue weighted by atomic mass is 32.2. The van der Waals surface area contributed by atoms with E-state index in [1.54, 1.807) is 29.2 Å². The fourth-order valence-electron chi connectivity index (χ4n) is 3.10. The number of aliphatic hydroxyl groups excluding tert-OH is 1. The minimum absolute atomic E-state index is 0.0199. The molecule has 26 heavy (non-hydrogen) atoms. The SMILES string of the molecule is O=[N+]([O-])c1ccc(CN(c2cccc(O)c2)[C@@H]2CS(=O)(=O)C[C@H]2O)cc1. The van der Waals surface area contributed by atoms with Crippen molar-refractivity contribution in [2.75, 3.05) is 16.4 Å². The highest BCUT2D eigenvalue weighted by Gasteiger charge is 2.40. The normalized spacial score (nSPS) is 21.4. The molecule has 0 aliphatic carbocycles. The van der Waals surface area contributed by atoms with Gasteiger partial charge in [0.15, 0.2) is 9.84 Å². The van der Waals surface area contributed by atoms with Crippen LogP contribution < -0.4 is 4.90 Å². The second-order valence-corrected chi connectivity index (χ2v) is 8.44. The lowest BCUT2D eigenvalue weighted by molar-refractivity contribution is -0.384. The number of phenolic OH excluding ortho intramolecular Hbond substituents is 1. The summed E-state index contributed by atoms with van der Waals surface area (Å²) in [6, 6.07) is 11.6. The smallest absolute Gasteiger partial charge is 0.269 e. The molecule has 138 valence electrons. The van der Waals surface area contributed by atoms with Gasteiger partial charge in [-0.25, -0.2) is 8.42 Å². The predicted molar refractivity (Wildman–Crippen MR) is 95.8 cm³/mol. The Balaban J connectivity index is 1.94. The van der Waals surface area contributed by atoms with Crippen LogP contribution in [0.3, 0.4) is 0 Å². The monoisotopic (exact) mass is 378 g/mol. The van der Waals surface area contributed by atoms with Gasteiger partial charge in [0, 0.05) is 30.4 Å². The molecule has 1 heterocycles. The van der Waals surface area contributed by atoms with Crippen molar-refractivity contribution >= 4 is 21.2 Å². The topological polar surface area (TPSA) is 121 Å². The summed E-state index contributed by atoms with van der Waals surface area (Å²) in [5.41, 5.74) is 1.24. The van der Waals surface area contributed by atoms with Crippen LogP contribution in [0.1, 0.15) is 5.56 Å². The summed E-state index contributed by atoms with van der Waals surface area (Å²) in [4.78, 5) is 12.0. The van der Waals surface area contributed by atoms with Gasteiger partial charge < -0.3 is 15.1 Å². The molecule has 1 saturated heterocycles. The van der Waals surface area contributed by atoms with Crippen molar-refractivity contribution in [3.63, 3.8) is 0 Å². The van der Waals surface area contributed by atoms with E-state index < -0.39 is 26.9 Å². The van der Waals surface area contributed by atoms with Gasteiger partial charge in [-0.1, -0.05) is 18.2 Å². The number of aliphatic hydroxyl groups is 1. The molecule has 0 bridgehead atoms. The van der Waals surface area contributed by atoms with Crippen LogP contribution in [-0.2, 0) is 16.4 Å². The number of nitrogens with zero attached hydrogens (tertiary/aromatic N) is 2. The first-order valence-corrected chi connectivity index (χ1v) is 9.75. The summed E-state index contributed by atoms with van der Waals surface area (Å²) in [6.07, 6.45) is -1.06. The van der Waals surface area contributed by atoms with Gasteiger partial charge >= 0.3 is 0 Å². The Morgan fingerprint density at radius 1 is 1.15 bits per heavy atom. The Morgan fingerprint density at radius 3 is 2.38 bits per heavy atom. The molecular weight excluding hydrogens is 360 g/mol. The molecule has 3 rings (SSSR count). The molecule has 1 aliphatic heterocycles. The number of hydrogen-bond acceptors (Lipinski definition) is 7. The van der Waals surface area contributed by atoms with E-state index in [2.05, 4.69) is 0 Å². The Labute approximate surface area is 150 Å². The van der Waals surface area contributed by atoms with Crippen molar-refractivity contribution in [1.82, 2.24) is 0 Å². The van der Waals surface area contributed by atoms with Crippen LogP contribution in [0.5, 0.6) is 5.75 Å². The fraction of sp³-hybridized carbons (Fsp3) is 0.294. The summed E-state index contributed by atoms with van der Waals surface area (Å²) >= 11 is 0. The molecule has 0 spiro atoms. The third kappa shape index (κ3) is 3.94. The number of nitro groups is 1. The highest BCUT2D eigenvalue weighted by Crippen LogP contribution is 2.29. The lowest BCUT2D eigenvalue weighted by atomic mass is 10.1. The number of rotatable bonds is 5. The molecule has 0 aromatic heterocycles. The quantitative estimate of drug-likeness (QED) is 0.597. The maximum atomic E-state index is 11.9. The molecule has 2 aromatic rings. The van der Waals surface area contributed by atoms with Crippen LogP contribution in [0.4, 0.5) is 11.4 Å². The Hall–Kier alpha value is -2.65. The third-order valence-electron chi connectivity index (χ3n) is 4.36. The van der Waals surface area contributed by atoms with E-state index in [0.29, 0.717) is 5.69 Å². The highest BCUT2D eigenvalue weighted by molar-refractivity contribution is 7.91. The van der Waals surface area contributed by atoms with Crippen LogP contribution in [0.15, 0.2) is 48.5 Å². The average Bonchev–Trinajstić information content (AvgIpc) is 2.85. The first kappa shape index (κ1) is 18.2. The van der Waals surface area contributed by atoms with Crippen molar-refractivity contribution in [2.45, 2.75) is 18.7 Å². The Morgan fingerprint density at radius 2 is 1.85 bits per heavy atom. The minimum atomic E-state index is -3.36. The lowest BCUT2D eigenvalue weighted by Crippen LogP contribution is -2.42. The third-order valence-corrected chi connectivity index (χ3v) is 6.05. The summed E-state index contributed by atoms with van der Waals surface area (Å²) in [5, 5.41) is 30.8. The largest absolute Gasteiger partial charge is 0.508 e. The van der Waals surface area contributed by atoms with Gasteiger partial charge in [-0.05, 0) is 17.7 Å². The lowest BCUT2D eigenvalue weighted by Gasteiger charge is -2.32. The zero-order valence-electron chi connectivity index (χ0n) is 13.7. The molecule has 1 aliphatic rings. The Bertz CT molecular complexity index is 913. The van der Waals surface area contributed by atoms with Gasteiger partial charge in [-0.2, -0.15) is 0 Å². The second-order valence-electron chi connectivity index (χ2n) is 6.28. The van der Waals surface area contributed by atoms with Gasteiger partial charge in [-0.15, -0.1) is 0 Å². The van der Waals surface area contributed by atoms with Crippen molar-refractivity contribution < 1.29 is 23.6 Å². The van der Waals surface area contributed by atoms with Gasteiger partial charge in [0.1, 0.15) is 5.75 Å². The van der Waals surface area contributed by atoms with Crippen molar-refractivity contribution in [3.05, 3.63) is 64.2 Å². The molecule has 1 fully saturated rings. The maximum Gasteiger partial charge on any atom is 0.269 e. The molecule has 2 atom stereocenters. The van der Waals surface area contributed by atoms with Crippen molar-refractivity contribution in [1.29, 1.82) is 0 Å². The molecule has 0 radical (unpaired) electrons. The number of anilines is 1. The van der Waals surface area contributed by atoms with Crippen molar-refractivity contribution in [2.24, 2.45) is 0 Å². The molecule has 0 saturated carbocycles. The van der Waals surface area contributed by atoms with Gasteiger partial charge in [0.05, 0.1) is 28.6 Å². The summed E-state index contributed by atoms with van der Waals surface area (Å²) < 4.78 is 23.8. The molecule has 8 nitrogen and oxygen atoms in total. The number of benzene rings is 2. The zero-order valence-corrected chi connectivity index (χ0v) is 14.5. The summed E-state index contributed by atoms with van der Waals surface area (Å²) in [5.74, 6) is -0.490. The molecule has 9 heteroatoms. The zero-order chi connectivity index (χ0) is 18.9. The molecule has 2 N–H and O–H groups in total. The van der Waals surface area contributed by atoms with Gasteiger partial charge in [0.2, 0.25) is 0 Å². The number of sulfone groups is 1. The predicted octanol–water partition coefficient (Wildman–Crippen LogP) is 1.46. The van der Waals surface area contributed by atoms with Crippen LogP contribution >= 0.6 is 0 Å². The van der Waals surface area contributed by atoms with Gasteiger partial charge in [0.25, 0.3) is 5.69 Å². The molecule has 0 amide bonds. The number of non-ortho nitro benzene ring substituents is 1. The van der Waals surface area contributed by atoms with E-state index in [4.69, 9.17) is 0 Å². The number of aromatic hydroxyl groups is 1. The number of phenols is 1. The van der Waals surface area contributed by atoms with E-state index in [-0.39, 0.29) is 29.5 Å². The van der Waals surface area contributed by atoms with E-state index in [1.807, 2.05) is 0 Å². The van der Waals surface area contributed by atoms with Crippen LogP contribution in [0.25, 0.3) is 0 Å². The average molecular weight is 378 g/mol. The first-order chi connectivity index (χ1) is 12.2. The van der Waals surface area contributed by atoms with E-state index >= 15 is 0 Å². The van der Waals surface area contributed by atoms with Crippen LogP contribution in [0.2, 0.25) is 0 Å². The summed E-state index contributed by atoms with van der Waals surface area (Å²) in [7, 11) is -3.36.